The first-order valence-corrected chi connectivity index (χ1v) is 14.3. The van der Waals surface area contributed by atoms with Crippen LogP contribution in [0.5, 0.6) is 0 Å². The Kier molecular flexibility index (Phi) is 7.96. The summed E-state index contributed by atoms with van der Waals surface area (Å²) in [5.41, 5.74) is 8.45. The van der Waals surface area contributed by atoms with Crippen molar-refractivity contribution in [1.29, 1.82) is 0 Å². The highest BCUT2D eigenvalue weighted by Gasteiger charge is 2.36. The van der Waals surface area contributed by atoms with E-state index in [1.807, 2.05) is 0 Å². The summed E-state index contributed by atoms with van der Waals surface area (Å²) in [6, 6.07) is 22.6. The Morgan fingerprint density at radius 2 is 0.897 bits per heavy atom. The van der Waals surface area contributed by atoms with E-state index in [1.165, 1.54) is 54.9 Å². The summed E-state index contributed by atoms with van der Waals surface area (Å²) in [4.78, 5) is 0. The van der Waals surface area contributed by atoms with Gasteiger partial charge in [-0.25, -0.2) is 0 Å². The Morgan fingerprint density at radius 3 is 1.33 bits per heavy atom. The van der Waals surface area contributed by atoms with Crippen LogP contribution in [0, 0.1) is 13.8 Å². The maximum Gasteiger partial charge on any atom is 0.106 e. The third-order valence-electron chi connectivity index (χ3n) is 8.53. The van der Waals surface area contributed by atoms with Crippen LogP contribution in [0.25, 0.3) is 32.7 Å². The van der Waals surface area contributed by atoms with Gasteiger partial charge in [0, 0.05) is 11.1 Å². The van der Waals surface area contributed by atoms with Crippen LogP contribution in [0.2, 0.25) is 0 Å². The van der Waals surface area contributed by atoms with Gasteiger partial charge in [-0.2, -0.15) is 0 Å². The molecular formula is C34H40NO4+. The summed E-state index contributed by atoms with van der Waals surface area (Å²) >= 11 is 0. The molecule has 0 aromatic heterocycles. The average Bonchev–Trinajstić information content (AvgIpc) is 3.10. The monoisotopic (exact) mass is 526 g/mol. The van der Waals surface area contributed by atoms with Gasteiger partial charge in [0.15, 0.2) is 0 Å². The second-order valence-electron chi connectivity index (χ2n) is 11.1. The highest BCUT2D eigenvalue weighted by molar-refractivity contribution is 6.08. The number of fused-ring (bicyclic) bond motifs is 7. The molecule has 0 atom stereocenters. The topological polar surface area (TPSA) is 36.9 Å². The van der Waals surface area contributed by atoms with E-state index in [9.17, 15) is 0 Å². The molecule has 0 aliphatic carbocycles. The summed E-state index contributed by atoms with van der Waals surface area (Å²) in [7, 11) is 0. The molecule has 6 rings (SSSR count). The van der Waals surface area contributed by atoms with E-state index in [1.54, 1.807) is 0 Å². The van der Waals surface area contributed by atoms with Gasteiger partial charge in [0.2, 0.25) is 0 Å². The number of benzene rings is 4. The van der Waals surface area contributed by atoms with Crippen molar-refractivity contribution in [3.63, 3.8) is 0 Å². The lowest BCUT2D eigenvalue weighted by Gasteiger charge is -2.39. The van der Waals surface area contributed by atoms with Crippen LogP contribution in [0.4, 0.5) is 0 Å². The summed E-state index contributed by atoms with van der Waals surface area (Å²) in [5, 5.41) is 5.30. The Morgan fingerprint density at radius 1 is 0.513 bits per heavy atom. The molecule has 0 saturated carbocycles. The van der Waals surface area contributed by atoms with Crippen LogP contribution in [0.1, 0.15) is 22.3 Å². The van der Waals surface area contributed by atoms with E-state index in [-0.39, 0.29) is 0 Å². The third kappa shape index (κ3) is 5.47. The van der Waals surface area contributed by atoms with Gasteiger partial charge < -0.3 is 23.4 Å². The first-order valence-electron chi connectivity index (χ1n) is 14.3. The molecule has 0 bridgehead atoms. The number of ether oxygens (including phenoxy) is 4. The molecule has 5 nitrogen and oxygen atoms in total. The lowest BCUT2D eigenvalue weighted by Crippen LogP contribution is -2.50. The van der Waals surface area contributed by atoms with Crippen molar-refractivity contribution < 1.29 is 23.4 Å². The number of hydrogen-bond acceptors (Lipinski definition) is 4. The van der Waals surface area contributed by atoms with Gasteiger partial charge in [0.05, 0.1) is 52.9 Å². The van der Waals surface area contributed by atoms with Crippen molar-refractivity contribution in [2.75, 3.05) is 65.9 Å². The minimum absolute atomic E-state index is 0.595. The molecule has 1 saturated heterocycles. The van der Waals surface area contributed by atoms with Gasteiger partial charge in [-0.1, -0.05) is 60.7 Å². The minimum Gasteiger partial charge on any atom is -0.377 e. The van der Waals surface area contributed by atoms with Crippen molar-refractivity contribution >= 4 is 21.5 Å². The van der Waals surface area contributed by atoms with Crippen molar-refractivity contribution in [3.8, 4) is 11.1 Å². The largest absolute Gasteiger partial charge is 0.377 e. The Hall–Kier alpha value is -2.80. The lowest BCUT2D eigenvalue weighted by molar-refractivity contribution is -0.953. The van der Waals surface area contributed by atoms with Crippen LogP contribution in [-0.4, -0.2) is 70.4 Å². The maximum absolute atomic E-state index is 6.13. The molecule has 2 aliphatic heterocycles. The van der Waals surface area contributed by atoms with E-state index >= 15 is 0 Å². The highest BCUT2D eigenvalue weighted by Crippen LogP contribution is 2.46. The number of quaternary nitrogens is 1. The van der Waals surface area contributed by atoms with Crippen LogP contribution >= 0.6 is 0 Å². The highest BCUT2D eigenvalue weighted by atomic mass is 16.6. The minimum atomic E-state index is 0.595. The summed E-state index contributed by atoms with van der Waals surface area (Å²) in [5.74, 6) is 0. The third-order valence-corrected chi connectivity index (χ3v) is 8.53. The number of aryl methyl sites for hydroxylation is 2. The van der Waals surface area contributed by atoms with Crippen molar-refractivity contribution in [2.24, 2.45) is 0 Å². The van der Waals surface area contributed by atoms with E-state index in [0.717, 1.165) is 30.7 Å². The Bertz CT molecular complexity index is 1350. The molecule has 204 valence electrons. The van der Waals surface area contributed by atoms with Gasteiger partial charge in [-0.3, -0.25) is 0 Å². The van der Waals surface area contributed by atoms with Gasteiger partial charge in [0.25, 0.3) is 0 Å². The summed E-state index contributed by atoms with van der Waals surface area (Å²) < 4.78 is 24.5. The Labute approximate surface area is 231 Å². The molecule has 0 unspecified atom stereocenters. The molecule has 2 heterocycles. The average molecular weight is 527 g/mol. The van der Waals surface area contributed by atoms with Gasteiger partial charge in [0.1, 0.15) is 26.2 Å². The first kappa shape index (κ1) is 26.4. The lowest BCUT2D eigenvalue weighted by atomic mass is 9.85. The summed E-state index contributed by atoms with van der Waals surface area (Å²) in [6.07, 6.45) is 0. The zero-order valence-corrected chi connectivity index (χ0v) is 23.3. The molecular weight excluding hydrogens is 486 g/mol. The van der Waals surface area contributed by atoms with E-state index in [4.69, 9.17) is 18.9 Å². The molecule has 1 fully saturated rings. The first-order chi connectivity index (χ1) is 19.2. The van der Waals surface area contributed by atoms with Crippen LogP contribution in [0.15, 0.2) is 60.7 Å². The second kappa shape index (κ2) is 11.7. The molecule has 39 heavy (non-hydrogen) atoms. The molecule has 4 aromatic rings. The SMILES string of the molecule is Cc1cc2ccccc2c2c1C[N+]1(CCOCCOCCOCCOCC1)Cc1c(C)cc3ccccc3c1-2. The molecule has 0 radical (unpaired) electrons. The fraction of sp³-hybridized carbons (Fsp3) is 0.412. The second-order valence-corrected chi connectivity index (χ2v) is 11.1. The Balaban J connectivity index is 1.52. The molecule has 5 heteroatoms. The zero-order valence-electron chi connectivity index (χ0n) is 23.3. The predicted molar refractivity (Wildman–Crippen MR) is 157 cm³/mol. The van der Waals surface area contributed by atoms with Gasteiger partial charge in [-0.05, 0) is 57.6 Å². The van der Waals surface area contributed by atoms with Crippen molar-refractivity contribution in [3.05, 3.63) is 82.9 Å². The van der Waals surface area contributed by atoms with E-state index in [0.29, 0.717) is 52.9 Å². The quantitative estimate of drug-likeness (QED) is 0.256. The fourth-order valence-electron chi connectivity index (χ4n) is 6.47. The van der Waals surface area contributed by atoms with Gasteiger partial charge >= 0.3 is 0 Å². The molecule has 2 aliphatic rings. The molecule has 1 spiro atoms. The molecule has 0 N–H and O–H groups in total. The van der Waals surface area contributed by atoms with Crippen LogP contribution in [-0.2, 0) is 32.0 Å². The smallest absolute Gasteiger partial charge is 0.106 e. The molecule has 4 aromatic carbocycles. The number of rotatable bonds is 0. The predicted octanol–water partition coefficient (Wildman–Crippen LogP) is 6.19. The van der Waals surface area contributed by atoms with Crippen molar-refractivity contribution in [2.45, 2.75) is 26.9 Å². The molecule has 0 amide bonds. The zero-order chi connectivity index (χ0) is 26.7. The summed E-state index contributed by atoms with van der Waals surface area (Å²) in [6.45, 7) is 13.3. The van der Waals surface area contributed by atoms with Gasteiger partial charge in [-0.15, -0.1) is 0 Å². The van der Waals surface area contributed by atoms with Crippen LogP contribution < -0.4 is 0 Å². The normalized spacial score (nSPS) is 19.1. The van der Waals surface area contributed by atoms with E-state index < -0.39 is 0 Å². The van der Waals surface area contributed by atoms with E-state index in [2.05, 4.69) is 74.5 Å². The van der Waals surface area contributed by atoms with Crippen LogP contribution in [0.3, 0.4) is 0 Å². The fourth-order valence-corrected chi connectivity index (χ4v) is 6.47. The standard InChI is InChI=1S/C34H40NO4/c1-25-21-27-7-3-5-9-29(27)33-31(25)23-35(11-13-36-15-17-38-19-20-39-18-16-37-14-12-35)24-32-26(2)22-28-8-4-6-10-30(28)34(32)33/h3-10,21-22H,11-20,23-24H2,1-2H3/q+1. The van der Waals surface area contributed by atoms with Crippen molar-refractivity contribution in [1.82, 2.24) is 0 Å². The number of hydrogen-bond donors (Lipinski definition) is 0. The maximum atomic E-state index is 6.13. The number of nitrogens with zero attached hydrogens (tertiary/aromatic N) is 1.